The van der Waals surface area contributed by atoms with Crippen molar-refractivity contribution in [3.63, 3.8) is 0 Å². The summed E-state index contributed by atoms with van der Waals surface area (Å²) in [4.78, 5) is 10.2. The second-order valence-electron chi connectivity index (χ2n) is 4.36. The Balaban J connectivity index is 1.94. The Morgan fingerprint density at radius 2 is 2.44 bits per heavy atom. The van der Waals surface area contributed by atoms with Crippen molar-refractivity contribution in [3.8, 4) is 0 Å². The average Bonchev–Trinajstić information content (AvgIpc) is 2.38. The number of hydrogen-bond donors (Lipinski definition) is 2. The molecule has 6 heteroatoms. The van der Waals surface area contributed by atoms with Crippen molar-refractivity contribution in [2.75, 3.05) is 31.6 Å². The first-order valence-electron chi connectivity index (χ1n) is 5.97. The summed E-state index contributed by atoms with van der Waals surface area (Å²) < 4.78 is 5.36. The summed E-state index contributed by atoms with van der Waals surface area (Å²) in [7, 11) is 0. The van der Waals surface area contributed by atoms with E-state index >= 15 is 0 Å². The van der Waals surface area contributed by atoms with Crippen LogP contribution in [0.2, 0.25) is 0 Å². The van der Waals surface area contributed by atoms with E-state index in [1.165, 1.54) is 6.07 Å². The van der Waals surface area contributed by atoms with Crippen LogP contribution in [0.1, 0.15) is 5.56 Å². The molecule has 1 aliphatic rings. The number of rotatable bonds is 4. The first-order chi connectivity index (χ1) is 8.66. The molecule has 1 unspecified atom stereocenters. The Bertz CT molecular complexity index is 431. The number of nitrogens with zero attached hydrogens (tertiary/aromatic N) is 1. The topological polar surface area (TPSA) is 76.4 Å². The predicted octanol–water partition coefficient (Wildman–Crippen LogP) is 1.30. The maximum atomic E-state index is 10.6. The second kappa shape index (κ2) is 5.79. The third-order valence-corrected chi connectivity index (χ3v) is 2.96. The van der Waals surface area contributed by atoms with Crippen molar-refractivity contribution in [2.24, 2.45) is 0 Å². The van der Waals surface area contributed by atoms with Gasteiger partial charge in [0.05, 0.1) is 18.1 Å². The summed E-state index contributed by atoms with van der Waals surface area (Å²) in [6, 6.07) is 5.12. The van der Waals surface area contributed by atoms with Crippen molar-refractivity contribution in [3.05, 3.63) is 33.9 Å². The average molecular weight is 251 g/mol. The van der Waals surface area contributed by atoms with Gasteiger partial charge in [-0.25, -0.2) is 0 Å². The lowest BCUT2D eigenvalue weighted by Gasteiger charge is -2.24. The standard InChI is InChI=1S/C12H17N3O3/c1-9-6-11(15(16)17)2-3-12(9)14-7-10-8-18-5-4-13-10/h2-3,6,10,13-14H,4-5,7-8H2,1H3. The number of nitrogens with one attached hydrogen (secondary N) is 2. The fourth-order valence-electron chi connectivity index (χ4n) is 1.94. The Kier molecular flexibility index (Phi) is 4.11. The van der Waals surface area contributed by atoms with Gasteiger partial charge in [-0.2, -0.15) is 0 Å². The number of nitro groups is 1. The molecule has 0 aromatic heterocycles. The molecule has 1 atom stereocenters. The van der Waals surface area contributed by atoms with Gasteiger partial charge < -0.3 is 15.4 Å². The lowest BCUT2D eigenvalue weighted by molar-refractivity contribution is -0.384. The van der Waals surface area contributed by atoms with Crippen molar-refractivity contribution in [1.29, 1.82) is 0 Å². The van der Waals surface area contributed by atoms with Gasteiger partial charge in [0.25, 0.3) is 5.69 Å². The molecule has 0 aliphatic carbocycles. The fourth-order valence-corrected chi connectivity index (χ4v) is 1.94. The molecule has 6 nitrogen and oxygen atoms in total. The van der Waals surface area contributed by atoms with E-state index in [2.05, 4.69) is 10.6 Å². The Morgan fingerprint density at radius 3 is 3.06 bits per heavy atom. The van der Waals surface area contributed by atoms with Gasteiger partial charge in [0.15, 0.2) is 0 Å². The molecule has 0 radical (unpaired) electrons. The highest BCUT2D eigenvalue weighted by atomic mass is 16.6. The number of hydrogen-bond acceptors (Lipinski definition) is 5. The van der Waals surface area contributed by atoms with Crippen LogP contribution < -0.4 is 10.6 Å². The molecule has 0 spiro atoms. The van der Waals surface area contributed by atoms with Gasteiger partial charge in [-0.3, -0.25) is 10.1 Å². The molecule has 1 saturated heterocycles. The van der Waals surface area contributed by atoms with E-state index in [0.29, 0.717) is 6.61 Å². The summed E-state index contributed by atoms with van der Waals surface area (Å²) in [5.74, 6) is 0. The maximum Gasteiger partial charge on any atom is 0.269 e. The van der Waals surface area contributed by atoms with E-state index in [0.717, 1.165) is 30.9 Å². The predicted molar refractivity (Wildman–Crippen MR) is 68.9 cm³/mol. The minimum Gasteiger partial charge on any atom is -0.383 e. The second-order valence-corrected chi connectivity index (χ2v) is 4.36. The molecule has 2 rings (SSSR count). The number of anilines is 1. The summed E-state index contributed by atoms with van der Waals surface area (Å²) in [6.07, 6.45) is 0. The van der Waals surface area contributed by atoms with Crippen LogP contribution in [0.3, 0.4) is 0 Å². The van der Waals surface area contributed by atoms with Crippen molar-refractivity contribution in [2.45, 2.75) is 13.0 Å². The molecular formula is C12H17N3O3. The van der Waals surface area contributed by atoms with E-state index < -0.39 is 0 Å². The highest BCUT2D eigenvalue weighted by molar-refractivity contribution is 5.55. The van der Waals surface area contributed by atoms with Crippen LogP contribution in [-0.2, 0) is 4.74 Å². The van der Waals surface area contributed by atoms with Gasteiger partial charge in [0.1, 0.15) is 0 Å². The van der Waals surface area contributed by atoms with Crippen LogP contribution in [0.4, 0.5) is 11.4 Å². The Hall–Kier alpha value is -1.66. The van der Waals surface area contributed by atoms with Crippen molar-refractivity contribution < 1.29 is 9.66 Å². The molecule has 1 aromatic rings. The van der Waals surface area contributed by atoms with Crippen molar-refractivity contribution in [1.82, 2.24) is 5.32 Å². The first-order valence-corrected chi connectivity index (χ1v) is 5.97. The zero-order valence-corrected chi connectivity index (χ0v) is 10.3. The highest BCUT2D eigenvalue weighted by Gasteiger charge is 2.13. The lowest BCUT2D eigenvalue weighted by atomic mass is 10.1. The van der Waals surface area contributed by atoms with E-state index in [9.17, 15) is 10.1 Å². The molecule has 1 fully saturated rings. The van der Waals surface area contributed by atoms with Crippen LogP contribution in [-0.4, -0.2) is 37.3 Å². The van der Waals surface area contributed by atoms with Gasteiger partial charge >= 0.3 is 0 Å². The smallest absolute Gasteiger partial charge is 0.269 e. The number of ether oxygens (including phenoxy) is 1. The van der Waals surface area contributed by atoms with Gasteiger partial charge in [0.2, 0.25) is 0 Å². The van der Waals surface area contributed by atoms with Gasteiger partial charge in [0, 0.05) is 37.0 Å². The first kappa shape index (κ1) is 12.8. The quantitative estimate of drug-likeness (QED) is 0.623. The summed E-state index contributed by atoms with van der Waals surface area (Å²) in [6.45, 7) is 4.93. The molecule has 1 heterocycles. The summed E-state index contributed by atoms with van der Waals surface area (Å²) in [5.41, 5.74) is 1.92. The van der Waals surface area contributed by atoms with Crippen LogP contribution in [0.5, 0.6) is 0 Å². The van der Waals surface area contributed by atoms with Gasteiger partial charge in [-0.15, -0.1) is 0 Å². The number of aryl methyl sites for hydroxylation is 1. The van der Waals surface area contributed by atoms with E-state index in [4.69, 9.17) is 4.74 Å². The van der Waals surface area contributed by atoms with Gasteiger partial charge in [-0.05, 0) is 18.6 Å². The Labute approximate surface area is 105 Å². The van der Waals surface area contributed by atoms with Crippen LogP contribution in [0, 0.1) is 17.0 Å². The molecule has 1 aliphatic heterocycles. The molecule has 18 heavy (non-hydrogen) atoms. The molecule has 2 N–H and O–H groups in total. The summed E-state index contributed by atoms with van der Waals surface area (Å²) in [5, 5.41) is 17.3. The lowest BCUT2D eigenvalue weighted by Crippen LogP contribution is -2.45. The highest BCUT2D eigenvalue weighted by Crippen LogP contribution is 2.21. The third-order valence-electron chi connectivity index (χ3n) is 2.96. The van der Waals surface area contributed by atoms with E-state index in [1.54, 1.807) is 12.1 Å². The number of benzene rings is 1. The van der Waals surface area contributed by atoms with Crippen molar-refractivity contribution >= 4 is 11.4 Å². The minimum atomic E-state index is -0.382. The largest absolute Gasteiger partial charge is 0.383 e. The zero-order chi connectivity index (χ0) is 13.0. The molecule has 0 bridgehead atoms. The fraction of sp³-hybridized carbons (Fsp3) is 0.500. The molecule has 1 aromatic carbocycles. The molecule has 0 saturated carbocycles. The molecule has 0 amide bonds. The monoisotopic (exact) mass is 251 g/mol. The maximum absolute atomic E-state index is 10.6. The number of non-ortho nitro benzene ring substituents is 1. The van der Waals surface area contributed by atoms with Crippen LogP contribution in [0.25, 0.3) is 0 Å². The minimum absolute atomic E-state index is 0.122. The molecule has 98 valence electrons. The van der Waals surface area contributed by atoms with E-state index in [1.807, 2.05) is 6.92 Å². The number of nitro benzene ring substituents is 1. The van der Waals surface area contributed by atoms with Crippen LogP contribution in [0.15, 0.2) is 18.2 Å². The van der Waals surface area contributed by atoms with Crippen LogP contribution >= 0.6 is 0 Å². The SMILES string of the molecule is Cc1cc([N+](=O)[O-])ccc1NCC1COCCN1. The van der Waals surface area contributed by atoms with E-state index in [-0.39, 0.29) is 16.7 Å². The zero-order valence-electron chi connectivity index (χ0n) is 10.3. The van der Waals surface area contributed by atoms with Gasteiger partial charge in [-0.1, -0.05) is 0 Å². The molecular weight excluding hydrogens is 234 g/mol. The summed E-state index contributed by atoms with van der Waals surface area (Å²) >= 11 is 0. The number of morpholine rings is 1. The Morgan fingerprint density at radius 1 is 1.61 bits per heavy atom. The third kappa shape index (κ3) is 3.18. The normalized spacial score (nSPS) is 19.5.